The van der Waals surface area contributed by atoms with E-state index in [-0.39, 0.29) is 16.8 Å². The van der Waals surface area contributed by atoms with Gasteiger partial charge < -0.3 is 4.90 Å². The Morgan fingerprint density at radius 2 is 2.00 bits per heavy atom. The second-order valence-electron chi connectivity index (χ2n) is 6.33. The lowest BCUT2D eigenvalue weighted by Crippen LogP contribution is -2.28. The fourth-order valence-corrected chi connectivity index (χ4v) is 4.47. The summed E-state index contributed by atoms with van der Waals surface area (Å²) in [4.78, 5) is 14.4. The highest BCUT2D eigenvalue weighted by Crippen LogP contribution is 2.26. The third-order valence-electron chi connectivity index (χ3n) is 4.03. The summed E-state index contributed by atoms with van der Waals surface area (Å²) in [5, 5.41) is 0.601. The summed E-state index contributed by atoms with van der Waals surface area (Å²) >= 11 is 9.33. The first-order valence-electron chi connectivity index (χ1n) is 8.08. The van der Waals surface area contributed by atoms with Gasteiger partial charge in [-0.05, 0) is 64.7 Å². The molecule has 0 unspecified atom stereocenters. The van der Waals surface area contributed by atoms with E-state index >= 15 is 0 Å². The number of halogens is 2. The molecule has 2 aromatic carbocycles. The molecule has 26 heavy (non-hydrogen) atoms. The summed E-state index contributed by atoms with van der Waals surface area (Å²) < 4.78 is 28.0. The Kier molecular flexibility index (Phi) is 5.72. The zero-order valence-corrected chi connectivity index (χ0v) is 17.2. The van der Waals surface area contributed by atoms with Gasteiger partial charge in [-0.2, -0.15) is 0 Å². The van der Waals surface area contributed by atoms with Crippen LogP contribution in [0.1, 0.15) is 28.8 Å². The molecule has 1 fully saturated rings. The second-order valence-corrected chi connectivity index (χ2v) is 9.33. The topological polar surface area (TPSA) is 66.5 Å². The number of rotatable bonds is 6. The van der Waals surface area contributed by atoms with Crippen molar-refractivity contribution in [1.29, 1.82) is 0 Å². The first-order chi connectivity index (χ1) is 12.3. The summed E-state index contributed by atoms with van der Waals surface area (Å²) in [7, 11) is -1.95. The minimum Gasteiger partial charge on any atom is -0.337 e. The van der Waals surface area contributed by atoms with E-state index < -0.39 is 10.0 Å². The second kappa shape index (κ2) is 7.68. The minimum absolute atomic E-state index is 0.00769. The molecule has 0 aromatic heterocycles. The van der Waals surface area contributed by atoms with Gasteiger partial charge in [-0.3, -0.25) is 4.79 Å². The van der Waals surface area contributed by atoms with Crippen LogP contribution in [0.25, 0.3) is 0 Å². The molecule has 5 nitrogen and oxygen atoms in total. The van der Waals surface area contributed by atoms with E-state index in [1.807, 2.05) is 12.1 Å². The van der Waals surface area contributed by atoms with Gasteiger partial charge in [0.1, 0.15) is 0 Å². The maximum atomic E-state index is 12.8. The number of carbonyl (C=O) groups excluding carboxylic acids is 1. The van der Waals surface area contributed by atoms with Gasteiger partial charge in [0.05, 0.1) is 10.5 Å². The van der Waals surface area contributed by atoms with E-state index in [1.54, 1.807) is 25.2 Å². The Morgan fingerprint density at radius 3 is 2.65 bits per heavy atom. The lowest BCUT2D eigenvalue weighted by atomic mass is 10.1. The number of nitrogens with one attached hydrogen (secondary N) is 1. The molecule has 1 saturated carbocycles. The molecule has 0 saturated heterocycles. The molecule has 1 aliphatic rings. The van der Waals surface area contributed by atoms with E-state index in [0.29, 0.717) is 21.6 Å². The predicted molar refractivity (Wildman–Crippen MR) is 105 cm³/mol. The van der Waals surface area contributed by atoms with Crippen molar-refractivity contribution in [3.63, 3.8) is 0 Å². The van der Waals surface area contributed by atoms with Crippen molar-refractivity contribution in [2.45, 2.75) is 30.3 Å². The third kappa shape index (κ3) is 4.65. The van der Waals surface area contributed by atoms with Crippen LogP contribution in [0.2, 0.25) is 5.02 Å². The van der Waals surface area contributed by atoms with Crippen LogP contribution in [0.5, 0.6) is 0 Å². The van der Waals surface area contributed by atoms with Crippen molar-refractivity contribution in [2.75, 3.05) is 7.05 Å². The van der Waals surface area contributed by atoms with Gasteiger partial charge in [-0.15, -0.1) is 0 Å². The highest BCUT2D eigenvalue weighted by Gasteiger charge is 2.29. The molecular weight excluding hydrogens is 440 g/mol. The molecule has 0 radical (unpaired) electrons. The van der Waals surface area contributed by atoms with Gasteiger partial charge >= 0.3 is 0 Å². The molecule has 0 atom stereocenters. The summed E-state index contributed by atoms with van der Waals surface area (Å²) in [6, 6.07) is 11.8. The lowest BCUT2D eigenvalue weighted by molar-refractivity contribution is 0.0784. The van der Waals surface area contributed by atoms with Gasteiger partial charge in [0.25, 0.3) is 5.91 Å². The van der Waals surface area contributed by atoms with Crippen LogP contribution < -0.4 is 4.72 Å². The Morgan fingerprint density at radius 1 is 1.27 bits per heavy atom. The molecule has 1 N–H and O–H groups in total. The number of hydrogen-bond acceptors (Lipinski definition) is 3. The average molecular weight is 458 g/mol. The average Bonchev–Trinajstić information content (AvgIpc) is 3.37. The van der Waals surface area contributed by atoms with Crippen LogP contribution in [0.4, 0.5) is 0 Å². The van der Waals surface area contributed by atoms with Gasteiger partial charge in [-0.25, -0.2) is 13.1 Å². The minimum atomic E-state index is -3.62. The molecule has 0 bridgehead atoms. The molecule has 0 aliphatic heterocycles. The normalized spacial score (nSPS) is 14.3. The van der Waals surface area contributed by atoms with Crippen LogP contribution in [0.3, 0.4) is 0 Å². The van der Waals surface area contributed by atoms with Crippen LogP contribution >= 0.6 is 27.5 Å². The smallest absolute Gasteiger partial charge is 0.255 e. The van der Waals surface area contributed by atoms with Crippen molar-refractivity contribution in [3.05, 3.63) is 63.1 Å². The van der Waals surface area contributed by atoms with E-state index in [9.17, 15) is 13.2 Å². The highest BCUT2D eigenvalue weighted by atomic mass is 79.9. The van der Waals surface area contributed by atoms with E-state index in [4.69, 9.17) is 11.6 Å². The van der Waals surface area contributed by atoms with Crippen LogP contribution in [0.15, 0.2) is 51.8 Å². The zero-order chi connectivity index (χ0) is 18.9. The number of carbonyl (C=O) groups is 1. The molecular formula is C18H18BrClN2O3S. The molecule has 138 valence electrons. The largest absolute Gasteiger partial charge is 0.337 e. The fourth-order valence-electron chi connectivity index (χ4n) is 2.51. The van der Waals surface area contributed by atoms with Crippen molar-refractivity contribution in [2.24, 2.45) is 0 Å². The third-order valence-corrected chi connectivity index (χ3v) is 6.48. The van der Waals surface area contributed by atoms with Gasteiger partial charge in [0.15, 0.2) is 0 Å². The van der Waals surface area contributed by atoms with Crippen LogP contribution in [-0.4, -0.2) is 32.3 Å². The summed E-state index contributed by atoms with van der Waals surface area (Å²) in [6.45, 7) is 0.364. The molecule has 1 aliphatic carbocycles. The molecule has 3 rings (SSSR count). The fraction of sp³-hybridized carbons (Fsp3) is 0.278. The Hall–Kier alpha value is -1.41. The van der Waals surface area contributed by atoms with E-state index in [0.717, 1.165) is 18.4 Å². The predicted octanol–water partition coefficient (Wildman–Crippen LogP) is 3.82. The van der Waals surface area contributed by atoms with E-state index in [2.05, 4.69) is 20.7 Å². The van der Waals surface area contributed by atoms with Crippen molar-refractivity contribution in [1.82, 2.24) is 9.62 Å². The number of sulfonamides is 1. The monoisotopic (exact) mass is 456 g/mol. The molecule has 1 amide bonds. The number of benzene rings is 2. The Labute approximate surface area is 166 Å². The molecule has 2 aromatic rings. The summed E-state index contributed by atoms with van der Waals surface area (Å²) in [5.74, 6) is -0.277. The van der Waals surface area contributed by atoms with Crippen LogP contribution in [-0.2, 0) is 16.6 Å². The molecule has 8 heteroatoms. The maximum absolute atomic E-state index is 12.8. The first-order valence-corrected chi connectivity index (χ1v) is 10.7. The SMILES string of the molecule is CN(Cc1cccc(Cl)c1)C(=O)c1cc(S(=O)(=O)NC2CC2)ccc1Br. The summed E-state index contributed by atoms with van der Waals surface area (Å²) in [5.41, 5.74) is 1.19. The number of amides is 1. The lowest BCUT2D eigenvalue weighted by Gasteiger charge is -2.19. The number of nitrogens with zero attached hydrogens (tertiary/aromatic N) is 1. The molecule has 0 spiro atoms. The van der Waals surface area contributed by atoms with Crippen LogP contribution in [0, 0.1) is 0 Å². The van der Waals surface area contributed by atoms with Gasteiger partial charge in [0, 0.05) is 29.1 Å². The van der Waals surface area contributed by atoms with Gasteiger partial charge in [0.2, 0.25) is 10.0 Å². The quantitative estimate of drug-likeness (QED) is 0.717. The maximum Gasteiger partial charge on any atom is 0.255 e. The first kappa shape index (κ1) is 19.4. The zero-order valence-electron chi connectivity index (χ0n) is 14.1. The standard InChI is InChI=1S/C18H18BrClN2O3S/c1-22(11-12-3-2-4-13(20)9-12)18(23)16-10-15(7-8-17(16)19)26(24,25)21-14-5-6-14/h2-4,7-10,14,21H,5-6,11H2,1H3. The Bertz CT molecular complexity index is 945. The van der Waals surface area contributed by atoms with Crippen molar-refractivity contribution >= 4 is 43.5 Å². The van der Waals surface area contributed by atoms with Crippen molar-refractivity contribution < 1.29 is 13.2 Å². The number of hydrogen-bond donors (Lipinski definition) is 1. The molecule has 0 heterocycles. The van der Waals surface area contributed by atoms with Gasteiger partial charge in [-0.1, -0.05) is 23.7 Å². The summed E-state index contributed by atoms with van der Waals surface area (Å²) in [6.07, 6.45) is 1.70. The Balaban J connectivity index is 1.82. The van der Waals surface area contributed by atoms with Crippen molar-refractivity contribution in [3.8, 4) is 0 Å². The highest BCUT2D eigenvalue weighted by molar-refractivity contribution is 9.10. The van der Waals surface area contributed by atoms with E-state index in [1.165, 1.54) is 17.0 Å².